The van der Waals surface area contributed by atoms with E-state index in [2.05, 4.69) is 36.1 Å². The van der Waals surface area contributed by atoms with Gasteiger partial charge in [-0.25, -0.2) is 0 Å². The summed E-state index contributed by atoms with van der Waals surface area (Å²) in [4.78, 5) is 0. The van der Waals surface area contributed by atoms with E-state index < -0.39 is 0 Å². The van der Waals surface area contributed by atoms with Crippen molar-refractivity contribution < 1.29 is 9.47 Å². The quantitative estimate of drug-likeness (QED) is 0.890. The molecule has 1 aromatic carbocycles. The summed E-state index contributed by atoms with van der Waals surface area (Å²) >= 11 is 2.06. The summed E-state index contributed by atoms with van der Waals surface area (Å²) in [5, 5.41) is 4.30. The maximum absolute atomic E-state index is 5.61. The minimum absolute atomic E-state index is 0.561. The minimum Gasteiger partial charge on any atom is -0.486 e. The van der Waals surface area contributed by atoms with Crippen LogP contribution in [0.2, 0.25) is 0 Å². The molecule has 0 radical (unpaired) electrons. The van der Waals surface area contributed by atoms with Gasteiger partial charge in [0.15, 0.2) is 11.5 Å². The largest absolute Gasteiger partial charge is 0.486 e. The highest BCUT2D eigenvalue weighted by molar-refractivity contribution is 8.00. The van der Waals surface area contributed by atoms with Gasteiger partial charge in [-0.1, -0.05) is 6.92 Å². The molecule has 0 bridgehead atoms. The van der Waals surface area contributed by atoms with Gasteiger partial charge in [0, 0.05) is 23.0 Å². The van der Waals surface area contributed by atoms with Crippen molar-refractivity contribution in [2.75, 3.05) is 24.3 Å². The molecule has 0 amide bonds. The van der Waals surface area contributed by atoms with Crippen LogP contribution in [0.15, 0.2) is 18.2 Å². The molecule has 98 valence electrons. The zero-order chi connectivity index (χ0) is 12.4. The van der Waals surface area contributed by atoms with Gasteiger partial charge in [-0.3, -0.25) is 0 Å². The number of rotatable bonds is 2. The van der Waals surface area contributed by atoms with Crippen LogP contribution in [-0.4, -0.2) is 30.3 Å². The molecule has 2 heterocycles. The van der Waals surface area contributed by atoms with E-state index >= 15 is 0 Å². The first kappa shape index (κ1) is 12.0. The molecule has 1 aromatic rings. The molecule has 1 fully saturated rings. The Balaban J connectivity index is 1.72. The molecule has 2 unspecified atom stereocenters. The van der Waals surface area contributed by atoms with Crippen LogP contribution in [0.5, 0.6) is 11.5 Å². The number of ether oxygens (including phenoxy) is 2. The monoisotopic (exact) mass is 265 g/mol. The highest BCUT2D eigenvalue weighted by Crippen LogP contribution is 2.34. The van der Waals surface area contributed by atoms with Crippen molar-refractivity contribution in [1.82, 2.24) is 0 Å². The van der Waals surface area contributed by atoms with E-state index in [9.17, 15) is 0 Å². The highest BCUT2D eigenvalue weighted by atomic mass is 32.2. The Morgan fingerprint density at radius 1 is 1.22 bits per heavy atom. The Labute approximate surface area is 112 Å². The van der Waals surface area contributed by atoms with Crippen molar-refractivity contribution in [3.63, 3.8) is 0 Å². The molecule has 3 rings (SSSR count). The zero-order valence-electron chi connectivity index (χ0n) is 10.6. The molecule has 2 aliphatic heterocycles. The van der Waals surface area contributed by atoms with Gasteiger partial charge in [-0.2, -0.15) is 11.8 Å². The first-order chi connectivity index (χ1) is 8.83. The van der Waals surface area contributed by atoms with Gasteiger partial charge in [-0.15, -0.1) is 0 Å². The molecule has 1 saturated heterocycles. The topological polar surface area (TPSA) is 30.5 Å². The Morgan fingerprint density at radius 2 is 2.06 bits per heavy atom. The van der Waals surface area contributed by atoms with Crippen LogP contribution in [0.4, 0.5) is 5.69 Å². The Kier molecular flexibility index (Phi) is 3.55. The standard InChI is InChI=1S/C14H19NO2S/c1-10-12(3-2-8-18-10)15-11-4-5-13-14(9-11)17-7-6-16-13/h4-5,9-10,12,15H,2-3,6-8H2,1H3. The number of hydrogen-bond acceptors (Lipinski definition) is 4. The van der Waals surface area contributed by atoms with Crippen LogP contribution in [0.25, 0.3) is 0 Å². The van der Waals surface area contributed by atoms with E-state index in [1.807, 2.05) is 6.07 Å². The maximum atomic E-state index is 5.61. The van der Waals surface area contributed by atoms with Crippen molar-refractivity contribution in [3.05, 3.63) is 18.2 Å². The number of thioether (sulfide) groups is 1. The average Bonchev–Trinajstić information content (AvgIpc) is 2.41. The second-order valence-corrected chi connectivity index (χ2v) is 6.31. The predicted molar refractivity (Wildman–Crippen MR) is 76.0 cm³/mol. The van der Waals surface area contributed by atoms with Crippen LogP contribution >= 0.6 is 11.8 Å². The van der Waals surface area contributed by atoms with Crippen molar-refractivity contribution in [2.24, 2.45) is 0 Å². The van der Waals surface area contributed by atoms with E-state index in [4.69, 9.17) is 9.47 Å². The first-order valence-corrected chi connectivity index (χ1v) is 7.65. The van der Waals surface area contributed by atoms with Gasteiger partial charge < -0.3 is 14.8 Å². The number of anilines is 1. The summed E-state index contributed by atoms with van der Waals surface area (Å²) < 4.78 is 11.1. The number of fused-ring (bicyclic) bond motifs is 1. The number of benzene rings is 1. The minimum atomic E-state index is 0.561. The van der Waals surface area contributed by atoms with Crippen LogP contribution in [0, 0.1) is 0 Å². The van der Waals surface area contributed by atoms with E-state index in [1.165, 1.54) is 18.6 Å². The Morgan fingerprint density at radius 3 is 2.89 bits per heavy atom. The third kappa shape index (κ3) is 2.53. The van der Waals surface area contributed by atoms with Crippen molar-refractivity contribution >= 4 is 17.4 Å². The van der Waals surface area contributed by atoms with E-state index in [-0.39, 0.29) is 0 Å². The summed E-state index contributed by atoms with van der Waals surface area (Å²) in [5.41, 5.74) is 1.14. The van der Waals surface area contributed by atoms with Gasteiger partial charge in [0.1, 0.15) is 13.2 Å². The first-order valence-electron chi connectivity index (χ1n) is 6.61. The van der Waals surface area contributed by atoms with Crippen LogP contribution in [-0.2, 0) is 0 Å². The van der Waals surface area contributed by atoms with Crippen molar-refractivity contribution in [3.8, 4) is 11.5 Å². The molecule has 4 heteroatoms. The maximum Gasteiger partial charge on any atom is 0.163 e. The molecular weight excluding hydrogens is 246 g/mol. The van der Waals surface area contributed by atoms with Gasteiger partial charge in [-0.05, 0) is 30.7 Å². The van der Waals surface area contributed by atoms with E-state index in [0.717, 1.165) is 17.2 Å². The summed E-state index contributed by atoms with van der Waals surface area (Å²) in [7, 11) is 0. The lowest BCUT2D eigenvalue weighted by atomic mass is 10.1. The third-order valence-electron chi connectivity index (χ3n) is 3.50. The van der Waals surface area contributed by atoms with Gasteiger partial charge in [0.2, 0.25) is 0 Å². The smallest absolute Gasteiger partial charge is 0.163 e. The molecule has 0 spiro atoms. The SMILES string of the molecule is CC1SCCCC1Nc1ccc2c(c1)OCCO2. The van der Waals surface area contributed by atoms with Crippen LogP contribution in [0.1, 0.15) is 19.8 Å². The van der Waals surface area contributed by atoms with E-state index in [0.29, 0.717) is 24.5 Å². The second-order valence-electron chi connectivity index (χ2n) is 4.83. The lowest BCUT2D eigenvalue weighted by Gasteiger charge is -2.30. The second kappa shape index (κ2) is 5.31. The molecule has 3 nitrogen and oxygen atoms in total. The van der Waals surface area contributed by atoms with Crippen LogP contribution < -0.4 is 14.8 Å². The number of hydrogen-bond donors (Lipinski definition) is 1. The average molecular weight is 265 g/mol. The predicted octanol–water partition coefficient (Wildman–Crippen LogP) is 3.15. The normalized spacial score (nSPS) is 26.7. The molecule has 2 atom stereocenters. The molecular formula is C14H19NO2S. The summed E-state index contributed by atoms with van der Waals surface area (Å²) in [6.07, 6.45) is 2.56. The van der Waals surface area contributed by atoms with E-state index in [1.54, 1.807) is 0 Å². The summed E-state index contributed by atoms with van der Waals surface area (Å²) in [6.45, 7) is 3.60. The molecule has 18 heavy (non-hydrogen) atoms. The van der Waals surface area contributed by atoms with Gasteiger partial charge >= 0.3 is 0 Å². The lowest BCUT2D eigenvalue weighted by molar-refractivity contribution is 0.171. The van der Waals surface area contributed by atoms with Gasteiger partial charge in [0.25, 0.3) is 0 Å². The molecule has 0 aromatic heterocycles. The highest BCUT2D eigenvalue weighted by Gasteiger charge is 2.22. The summed E-state index contributed by atoms with van der Waals surface area (Å²) in [5.74, 6) is 3.01. The fourth-order valence-corrected chi connectivity index (χ4v) is 3.60. The lowest BCUT2D eigenvalue weighted by Crippen LogP contribution is -2.32. The van der Waals surface area contributed by atoms with Gasteiger partial charge in [0.05, 0.1) is 0 Å². The van der Waals surface area contributed by atoms with Crippen molar-refractivity contribution in [1.29, 1.82) is 0 Å². The summed E-state index contributed by atoms with van der Waals surface area (Å²) in [6, 6.07) is 6.70. The van der Waals surface area contributed by atoms with Crippen LogP contribution in [0.3, 0.4) is 0 Å². The molecule has 0 aliphatic carbocycles. The Hall–Kier alpha value is -1.03. The molecule has 0 saturated carbocycles. The zero-order valence-corrected chi connectivity index (χ0v) is 11.5. The number of nitrogens with one attached hydrogen (secondary N) is 1. The van der Waals surface area contributed by atoms with Crippen molar-refractivity contribution in [2.45, 2.75) is 31.1 Å². The fourth-order valence-electron chi connectivity index (χ4n) is 2.46. The molecule has 1 N–H and O–H groups in total. The fraction of sp³-hybridized carbons (Fsp3) is 0.571. The molecule has 2 aliphatic rings. The third-order valence-corrected chi connectivity index (χ3v) is 4.88. The Bertz CT molecular complexity index is 424.